The summed E-state index contributed by atoms with van der Waals surface area (Å²) in [6, 6.07) is 0. The number of nitrogens with zero attached hydrogens (tertiary/aromatic N) is 1. The van der Waals surface area contributed by atoms with Gasteiger partial charge in [-0.3, -0.25) is 0 Å². The second kappa shape index (κ2) is 4.35. The van der Waals surface area contributed by atoms with Gasteiger partial charge < -0.3 is 17.8 Å². The maximum Gasteiger partial charge on any atom is 0.492 e. The van der Waals surface area contributed by atoms with E-state index in [-0.39, 0.29) is 0 Å². The highest BCUT2D eigenvalue weighted by molar-refractivity contribution is 6.58. The van der Waals surface area contributed by atoms with Gasteiger partial charge in [0.1, 0.15) is 0 Å². The molecule has 0 radical (unpaired) electrons. The van der Waals surface area contributed by atoms with Crippen LogP contribution in [0.4, 0.5) is 12.9 Å². The molecule has 0 aromatic rings. The highest BCUT2D eigenvalue weighted by Gasteiger charge is 2.26. The van der Waals surface area contributed by atoms with Gasteiger partial charge in [-0.15, -0.1) is 0 Å². The van der Waals surface area contributed by atoms with Gasteiger partial charge in [0.25, 0.3) is 0 Å². The Morgan fingerprint density at radius 3 is 2.23 bits per heavy atom. The third kappa shape index (κ3) is 4.55. The van der Waals surface area contributed by atoms with Crippen LogP contribution in [0.5, 0.6) is 0 Å². The van der Waals surface area contributed by atoms with Gasteiger partial charge in [-0.25, -0.2) is 0 Å². The summed E-state index contributed by atoms with van der Waals surface area (Å²) >= 11 is 0. The summed E-state index contributed by atoms with van der Waals surface area (Å²) in [6.07, 6.45) is 3.88. The molecule has 1 nitrogen and oxygen atoms in total. The van der Waals surface area contributed by atoms with Crippen LogP contribution in [0.2, 0.25) is 0 Å². The third-order valence-electron chi connectivity index (χ3n) is 2.56. The van der Waals surface area contributed by atoms with E-state index in [1.54, 1.807) is 7.05 Å². The quantitative estimate of drug-likeness (QED) is 0.621. The zero-order valence-corrected chi connectivity index (χ0v) is 7.98. The van der Waals surface area contributed by atoms with E-state index in [0.29, 0.717) is 12.5 Å². The topological polar surface area (TPSA) is 3.24 Å². The lowest BCUT2D eigenvalue weighted by molar-refractivity contribution is 0.282. The standard InChI is InChI=1S/C8H16BF3N/c1-13(7-9(10,11)12)6-8-4-2-3-5-8/h8H,2-7H2,1H3/q-1. The maximum atomic E-state index is 12.0. The first kappa shape index (κ1) is 10.9. The van der Waals surface area contributed by atoms with Crippen LogP contribution in [0.3, 0.4) is 0 Å². The van der Waals surface area contributed by atoms with Crippen molar-refractivity contribution in [3.63, 3.8) is 0 Å². The first-order chi connectivity index (χ1) is 5.97. The molecule has 1 rings (SSSR count). The zero-order valence-electron chi connectivity index (χ0n) is 7.98. The fraction of sp³-hybridized carbons (Fsp3) is 1.00. The Hall–Kier alpha value is -0.185. The van der Waals surface area contributed by atoms with E-state index < -0.39 is 13.4 Å². The Labute approximate surface area is 77.4 Å². The summed E-state index contributed by atoms with van der Waals surface area (Å²) in [4.78, 5) is 1.41. The lowest BCUT2D eigenvalue weighted by Crippen LogP contribution is -2.37. The largest absolute Gasteiger partial charge is 0.492 e. The average Bonchev–Trinajstić information content (AvgIpc) is 2.34. The van der Waals surface area contributed by atoms with Gasteiger partial charge in [-0.2, -0.15) is 0 Å². The second-order valence-corrected chi connectivity index (χ2v) is 4.08. The van der Waals surface area contributed by atoms with Crippen molar-refractivity contribution in [1.82, 2.24) is 4.90 Å². The summed E-state index contributed by atoms with van der Waals surface area (Å²) in [5.74, 6) is 0.503. The Kier molecular flexibility index (Phi) is 3.65. The molecule has 1 aliphatic rings. The molecule has 0 spiro atoms. The lowest BCUT2D eigenvalue weighted by Gasteiger charge is -2.26. The van der Waals surface area contributed by atoms with Crippen molar-refractivity contribution in [1.29, 1.82) is 0 Å². The SMILES string of the molecule is CN(CC1CCCC1)C[B-](F)(F)F. The van der Waals surface area contributed by atoms with E-state index in [2.05, 4.69) is 0 Å². The fourth-order valence-electron chi connectivity index (χ4n) is 2.06. The first-order valence-corrected chi connectivity index (χ1v) is 4.87. The van der Waals surface area contributed by atoms with E-state index in [4.69, 9.17) is 0 Å². The molecule has 78 valence electrons. The van der Waals surface area contributed by atoms with Crippen molar-refractivity contribution >= 4 is 6.98 Å². The Bertz CT molecular complexity index is 154. The van der Waals surface area contributed by atoms with Crippen LogP contribution in [-0.2, 0) is 0 Å². The molecule has 13 heavy (non-hydrogen) atoms. The molecule has 0 aromatic carbocycles. The van der Waals surface area contributed by atoms with Crippen LogP contribution in [-0.4, -0.2) is 31.9 Å². The number of halogens is 3. The molecule has 0 atom stereocenters. The Morgan fingerprint density at radius 1 is 1.23 bits per heavy atom. The molecule has 0 amide bonds. The van der Waals surface area contributed by atoms with E-state index >= 15 is 0 Å². The number of hydrogen-bond donors (Lipinski definition) is 0. The molecule has 0 bridgehead atoms. The van der Waals surface area contributed by atoms with Crippen molar-refractivity contribution in [3.05, 3.63) is 0 Å². The Morgan fingerprint density at radius 2 is 1.77 bits per heavy atom. The summed E-state index contributed by atoms with van der Waals surface area (Å²) in [5.41, 5.74) is 0. The second-order valence-electron chi connectivity index (χ2n) is 4.08. The van der Waals surface area contributed by atoms with Crippen molar-refractivity contribution in [2.75, 3.05) is 20.0 Å². The van der Waals surface area contributed by atoms with Gasteiger partial charge >= 0.3 is 6.98 Å². The minimum atomic E-state index is -4.64. The molecule has 1 saturated carbocycles. The molecule has 0 heterocycles. The van der Waals surface area contributed by atoms with Crippen molar-refractivity contribution < 1.29 is 12.9 Å². The molecule has 5 heteroatoms. The molecule has 1 aliphatic carbocycles. The lowest BCUT2D eigenvalue weighted by atomic mass is 9.91. The van der Waals surface area contributed by atoms with Crippen LogP contribution in [0.25, 0.3) is 0 Å². The minimum Gasteiger partial charge on any atom is -0.448 e. The van der Waals surface area contributed by atoms with E-state index in [0.717, 1.165) is 12.8 Å². The monoisotopic (exact) mass is 194 g/mol. The van der Waals surface area contributed by atoms with E-state index in [1.165, 1.54) is 17.7 Å². The van der Waals surface area contributed by atoms with Gasteiger partial charge in [-0.05, 0) is 38.8 Å². The number of rotatable bonds is 4. The number of hydrogen-bond acceptors (Lipinski definition) is 1. The van der Waals surface area contributed by atoms with Gasteiger partial charge in [0, 0.05) is 0 Å². The summed E-state index contributed by atoms with van der Waals surface area (Å²) < 4.78 is 36.0. The maximum absolute atomic E-state index is 12.0. The zero-order chi connectivity index (χ0) is 9.90. The van der Waals surface area contributed by atoms with Crippen LogP contribution >= 0.6 is 0 Å². The first-order valence-electron chi connectivity index (χ1n) is 4.87. The van der Waals surface area contributed by atoms with Gasteiger partial charge in [0.15, 0.2) is 0 Å². The summed E-state index contributed by atoms with van der Waals surface area (Å²) in [5, 5.41) is 0. The van der Waals surface area contributed by atoms with Gasteiger partial charge in [0.05, 0.1) is 0 Å². The van der Waals surface area contributed by atoms with Crippen molar-refractivity contribution in [2.24, 2.45) is 5.92 Å². The smallest absolute Gasteiger partial charge is 0.448 e. The molecule has 0 aliphatic heterocycles. The normalized spacial score (nSPS) is 20.1. The van der Waals surface area contributed by atoms with E-state index in [1.807, 2.05) is 0 Å². The Balaban J connectivity index is 2.20. The molecule has 0 N–H and O–H groups in total. The summed E-state index contributed by atoms with van der Waals surface area (Å²) in [7, 11) is 1.56. The predicted molar refractivity (Wildman–Crippen MR) is 48.5 cm³/mol. The van der Waals surface area contributed by atoms with Gasteiger partial charge in [-0.1, -0.05) is 12.8 Å². The third-order valence-corrected chi connectivity index (χ3v) is 2.56. The minimum absolute atomic E-state index is 0.503. The molecular weight excluding hydrogens is 178 g/mol. The van der Waals surface area contributed by atoms with Crippen LogP contribution < -0.4 is 0 Å². The van der Waals surface area contributed by atoms with Crippen LogP contribution in [0.15, 0.2) is 0 Å². The van der Waals surface area contributed by atoms with Crippen molar-refractivity contribution in [2.45, 2.75) is 25.7 Å². The van der Waals surface area contributed by atoms with E-state index in [9.17, 15) is 12.9 Å². The molecular formula is C8H16BF3N-. The average molecular weight is 194 g/mol. The molecule has 0 unspecified atom stereocenters. The molecule has 0 saturated heterocycles. The van der Waals surface area contributed by atoms with Crippen LogP contribution in [0, 0.1) is 5.92 Å². The highest BCUT2D eigenvalue weighted by Crippen LogP contribution is 2.25. The summed E-state index contributed by atoms with van der Waals surface area (Å²) in [6.45, 7) is -4.03. The molecule has 1 fully saturated rings. The van der Waals surface area contributed by atoms with Crippen molar-refractivity contribution in [3.8, 4) is 0 Å². The van der Waals surface area contributed by atoms with Crippen LogP contribution in [0.1, 0.15) is 25.7 Å². The highest BCUT2D eigenvalue weighted by atomic mass is 19.4. The molecule has 0 aromatic heterocycles. The fourth-order valence-corrected chi connectivity index (χ4v) is 2.06. The van der Waals surface area contributed by atoms with Gasteiger partial charge in [0.2, 0.25) is 0 Å². The predicted octanol–water partition coefficient (Wildman–Crippen LogP) is 2.50.